The van der Waals surface area contributed by atoms with Gasteiger partial charge in [0.1, 0.15) is 5.25 Å². The van der Waals surface area contributed by atoms with Crippen LogP contribution in [0.4, 0.5) is 0 Å². The molecule has 0 saturated heterocycles. The minimum Gasteiger partial charge on any atom is -0.481 e. The molecule has 0 aliphatic rings. The Bertz CT molecular complexity index is 137. The van der Waals surface area contributed by atoms with E-state index in [-0.39, 0.29) is 17.1 Å². The van der Waals surface area contributed by atoms with E-state index in [9.17, 15) is 9.59 Å². The van der Waals surface area contributed by atoms with Crippen LogP contribution in [0.3, 0.4) is 0 Å². The van der Waals surface area contributed by atoms with Gasteiger partial charge >= 0.3 is 11.9 Å². The molecule has 0 amide bonds. The molecule has 0 aliphatic carbocycles. The summed E-state index contributed by atoms with van der Waals surface area (Å²) < 4.78 is 0. The molecule has 0 fully saturated rings. The molecule has 0 aromatic rings. The van der Waals surface area contributed by atoms with Gasteiger partial charge in [0.15, 0.2) is 0 Å². The average molecular weight is 214 g/mol. The smallest absolute Gasteiger partial charge is 0.316 e. The molecule has 10 heavy (non-hydrogen) atoms. The second-order valence-electron chi connectivity index (χ2n) is 1.45. The van der Waals surface area contributed by atoms with E-state index in [0.29, 0.717) is 0 Å². The van der Waals surface area contributed by atoms with Gasteiger partial charge in [-0.05, 0) is 0 Å². The first-order valence-electron chi connectivity index (χ1n) is 2.16. The first-order valence-corrected chi connectivity index (χ1v) is 2.68. The Morgan fingerprint density at radius 1 is 1.40 bits per heavy atom. The monoisotopic (exact) mass is 213 g/mol. The third kappa shape index (κ3) is 5.94. The zero-order valence-electron chi connectivity index (χ0n) is 4.74. The minimum atomic E-state index is -1.21. The fourth-order valence-corrected chi connectivity index (χ4v) is 0.409. The molecule has 0 saturated carbocycles. The fourth-order valence-electron chi connectivity index (χ4n) is 0.253. The largest absolute Gasteiger partial charge is 0.481 e. The fraction of sp³-hybridized carbons (Fsp3) is 0.500. The quantitative estimate of drug-likeness (QED) is 0.450. The van der Waals surface area contributed by atoms with Crippen molar-refractivity contribution in [3.05, 3.63) is 0 Å². The number of rotatable bonds is 3. The van der Waals surface area contributed by atoms with Gasteiger partial charge in [0.05, 0.1) is 6.42 Å². The predicted molar refractivity (Wildman–Crippen MR) is 32.7 cm³/mol. The van der Waals surface area contributed by atoms with Gasteiger partial charge in [-0.2, -0.15) is 12.6 Å². The molecule has 1 atom stereocenters. The third-order valence-corrected chi connectivity index (χ3v) is 1.06. The van der Waals surface area contributed by atoms with E-state index in [0.717, 1.165) is 0 Å². The Kier molecular flexibility index (Phi) is 6.97. The molecule has 0 aliphatic heterocycles. The van der Waals surface area contributed by atoms with Crippen molar-refractivity contribution >= 4 is 24.6 Å². The maximum absolute atomic E-state index is 9.90. The van der Waals surface area contributed by atoms with Crippen LogP contribution in [0.25, 0.3) is 0 Å². The van der Waals surface area contributed by atoms with Crippen molar-refractivity contribution in [2.24, 2.45) is 0 Å². The average Bonchev–Trinajstić information content (AvgIpc) is 1.63. The maximum Gasteiger partial charge on any atom is 0.316 e. The molecule has 0 spiro atoms. The van der Waals surface area contributed by atoms with Crippen molar-refractivity contribution < 1.29 is 36.9 Å². The van der Waals surface area contributed by atoms with E-state index in [2.05, 4.69) is 12.6 Å². The molecule has 0 heterocycles. The van der Waals surface area contributed by atoms with Gasteiger partial charge in [-0.25, -0.2) is 0 Å². The van der Waals surface area contributed by atoms with Gasteiger partial charge in [0, 0.05) is 17.1 Å². The van der Waals surface area contributed by atoms with Crippen LogP contribution in [-0.2, 0) is 26.7 Å². The molecule has 0 aromatic heterocycles. The molecular formula is C4H6CuO4S. The zero-order valence-corrected chi connectivity index (χ0v) is 6.58. The first kappa shape index (κ1) is 12.5. The van der Waals surface area contributed by atoms with Crippen LogP contribution in [0.2, 0.25) is 0 Å². The third-order valence-electron chi connectivity index (χ3n) is 0.653. The van der Waals surface area contributed by atoms with Crippen LogP contribution < -0.4 is 0 Å². The molecular weight excluding hydrogens is 208 g/mol. The number of carboxylic acids is 2. The number of hydrogen-bond donors (Lipinski definition) is 3. The summed E-state index contributed by atoms with van der Waals surface area (Å²) in [7, 11) is 0. The Balaban J connectivity index is 0. The number of carbonyl (C=O) groups is 2. The summed E-state index contributed by atoms with van der Waals surface area (Å²) in [6.45, 7) is 0. The summed E-state index contributed by atoms with van der Waals surface area (Å²) in [6.07, 6.45) is -0.446. The summed E-state index contributed by atoms with van der Waals surface area (Å²) in [5, 5.41) is 15.0. The zero-order chi connectivity index (χ0) is 7.44. The molecule has 1 unspecified atom stereocenters. The van der Waals surface area contributed by atoms with Gasteiger partial charge in [0.25, 0.3) is 0 Å². The summed E-state index contributed by atoms with van der Waals surface area (Å²) in [5.74, 6) is -2.36. The second-order valence-corrected chi connectivity index (χ2v) is 2.08. The van der Waals surface area contributed by atoms with E-state index < -0.39 is 23.6 Å². The number of aliphatic carboxylic acids is 2. The Morgan fingerprint density at radius 2 is 1.80 bits per heavy atom. The molecule has 1 radical (unpaired) electrons. The number of thiol groups is 1. The van der Waals surface area contributed by atoms with Crippen LogP contribution in [0.5, 0.6) is 0 Å². The van der Waals surface area contributed by atoms with Crippen molar-refractivity contribution in [1.29, 1.82) is 0 Å². The predicted octanol–water partition coefficient (Wildman–Crippen LogP) is -0.158. The second kappa shape index (κ2) is 5.58. The first-order chi connectivity index (χ1) is 4.04. The van der Waals surface area contributed by atoms with Crippen LogP contribution in [-0.4, -0.2) is 27.4 Å². The van der Waals surface area contributed by atoms with Crippen LogP contribution in [0.15, 0.2) is 0 Å². The van der Waals surface area contributed by atoms with Gasteiger partial charge < -0.3 is 10.2 Å². The van der Waals surface area contributed by atoms with Gasteiger partial charge in [-0.3, -0.25) is 9.59 Å². The van der Waals surface area contributed by atoms with Crippen LogP contribution in [0.1, 0.15) is 6.42 Å². The number of carboxylic acid groups (broad SMARTS) is 2. The Labute approximate surface area is 73.5 Å². The Morgan fingerprint density at radius 3 is 1.90 bits per heavy atom. The van der Waals surface area contributed by atoms with E-state index in [4.69, 9.17) is 10.2 Å². The van der Waals surface area contributed by atoms with Crippen molar-refractivity contribution in [1.82, 2.24) is 0 Å². The summed E-state index contributed by atoms with van der Waals surface area (Å²) in [5.41, 5.74) is 0. The molecule has 0 rings (SSSR count). The molecule has 0 aromatic carbocycles. The van der Waals surface area contributed by atoms with Crippen molar-refractivity contribution in [2.45, 2.75) is 11.7 Å². The van der Waals surface area contributed by atoms with E-state index in [1.807, 2.05) is 0 Å². The number of hydrogen-bond acceptors (Lipinski definition) is 3. The topological polar surface area (TPSA) is 74.6 Å². The molecule has 4 nitrogen and oxygen atoms in total. The van der Waals surface area contributed by atoms with E-state index in [1.54, 1.807) is 0 Å². The van der Waals surface area contributed by atoms with Crippen molar-refractivity contribution in [3.63, 3.8) is 0 Å². The van der Waals surface area contributed by atoms with Crippen LogP contribution >= 0.6 is 12.6 Å². The van der Waals surface area contributed by atoms with E-state index in [1.165, 1.54) is 0 Å². The molecule has 6 heteroatoms. The van der Waals surface area contributed by atoms with Gasteiger partial charge in [-0.1, -0.05) is 0 Å². The summed E-state index contributed by atoms with van der Waals surface area (Å²) in [4.78, 5) is 19.7. The van der Waals surface area contributed by atoms with E-state index >= 15 is 0 Å². The van der Waals surface area contributed by atoms with Gasteiger partial charge in [-0.15, -0.1) is 0 Å². The van der Waals surface area contributed by atoms with Crippen LogP contribution in [0, 0.1) is 0 Å². The SMILES string of the molecule is O=C(O)CC(S)C(=O)O.[Cu]. The Hall–Kier alpha value is -0.191. The summed E-state index contributed by atoms with van der Waals surface area (Å²) in [6, 6.07) is 0. The maximum atomic E-state index is 9.90. The molecule has 63 valence electrons. The van der Waals surface area contributed by atoms with Crippen molar-refractivity contribution in [2.75, 3.05) is 0 Å². The normalized spacial score (nSPS) is 11.3. The summed E-state index contributed by atoms with van der Waals surface area (Å²) >= 11 is 3.48. The minimum absolute atomic E-state index is 0. The standard InChI is InChI=1S/C4H6O4S.Cu/c5-3(6)1-2(9)4(7)8;/h2,9H,1H2,(H,5,6)(H,7,8);. The molecule has 2 N–H and O–H groups in total. The van der Waals surface area contributed by atoms with Gasteiger partial charge in [0.2, 0.25) is 0 Å². The van der Waals surface area contributed by atoms with Crippen molar-refractivity contribution in [3.8, 4) is 0 Å². The molecule has 0 bridgehead atoms.